The lowest BCUT2D eigenvalue weighted by atomic mass is 9.85. The third-order valence-electron chi connectivity index (χ3n) is 10.6. The molecule has 10 aromatic carbocycles. The number of aromatic nitrogens is 2. The molecule has 0 spiro atoms. The van der Waals surface area contributed by atoms with Crippen molar-refractivity contribution in [2.24, 2.45) is 0 Å². The van der Waals surface area contributed by atoms with Gasteiger partial charge in [0.1, 0.15) is 0 Å². The summed E-state index contributed by atoms with van der Waals surface area (Å²) >= 11 is 0.0812. The first-order chi connectivity index (χ1) is 49.9. The van der Waals surface area contributed by atoms with Crippen LogP contribution in [0, 0.1) is 0 Å². The maximum atomic E-state index is 10.5. The largest absolute Gasteiger partial charge is 0.254 e. The third kappa shape index (κ3) is 6.55. The number of pyridine rings is 2. The molecule has 67 heavy (non-hydrogen) atoms. The lowest BCUT2D eigenvalue weighted by Gasteiger charge is -2.18. The first kappa shape index (κ1) is 15.8. The monoisotopic (exact) mass is 909 g/mol. The predicted octanol–water partition coefficient (Wildman–Crippen LogP) is 18.0. The number of fused-ring (bicyclic) bond motifs is 6. The van der Waals surface area contributed by atoms with Gasteiger partial charge in [0.25, 0.3) is 0 Å². The SMILES string of the molecule is [2H]c1nc2c(c([2H])c1[2H])c([2H])c([2H])c1c([2H])c([2H])c(-c3c([2H])c([2H])c(-c4c([2H])c([2H])c([2H])c(-c5sc(-c6c7c([2H])c([2H])c([2H])c([2H])c7c(-c7c([2H])c([2H])c([2H])c([2H])c7[2H])c7c([2H])c([2H])c([2H])c([2H])c67)c(-c6c([2H])c([2H])c([2H])c([2H])c6[2H])c5-c5c([2H])c([2H])c([2H])c([2H])c5[2H])c4[2H])c4c([2H])c([2H])c([2H])c([2H])c34)nc12. The van der Waals surface area contributed by atoms with E-state index in [-0.39, 0.29) is 11.3 Å². The molecule has 0 amide bonds. The second-order valence-electron chi connectivity index (χ2n) is 14.1. The molecule has 0 unspecified atom stereocenters. The first-order valence-electron chi connectivity index (χ1n) is 39.6. The molecule has 0 atom stereocenters. The van der Waals surface area contributed by atoms with Crippen molar-refractivity contribution in [3.05, 3.63) is 242 Å². The van der Waals surface area contributed by atoms with Crippen molar-refractivity contribution in [1.29, 1.82) is 0 Å². The lowest BCUT2D eigenvalue weighted by Crippen LogP contribution is -1.91. The van der Waals surface area contributed by atoms with E-state index in [1.807, 2.05) is 0 Å². The van der Waals surface area contributed by atoms with Gasteiger partial charge in [0.15, 0.2) is 0 Å². The Kier molecular flexibility index (Phi) is 3.83. The van der Waals surface area contributed by atoms with Crippen molar-refractivity contribution in [1.82, 2.24) is 9.97 Å². The predicted molar refractivity (Wildman–Crippen MR) is 285 cm³/mol. The molecule has 13 aromatic rings. The minimum absolute atomic E-state index is 0.0812. The molecule has 0 N–H and O–H groups in total. The van der Waals surface area contributed by atoms with Gasteiger partial charge in [0.2, 0.25) is 0 Å². The minimum Gasteiger partial charge on any atom is -0.254 e. The van der Waals surface area contributed by atoms with E-state index >= 15 is 0 Å². The fourth-order valence-electron chi connectivity index (χ4n) is 7.81. The Balaban J connectivity index is 1.31. The number of hydrogen-bond acceptors (Lipinski definition) is 3. The summed E-state index contributed by atoms with van der Waals surface area (Å²) in [6.07, 6.45) is -0.851. The third-order valence-corrected chi connectivity index (χ3v) is 11.8. The summed E-state index contributed by atoms with van der Waals surface area (Å²) < 4.78 is 371. The van der Waals surface area contributed by atoms with Gasteiger partial charge in [-0.1, -0.05) is 218 Å². The highest BCUT2D eigenvalue weighted by molar-refractivity contribution is 7.20. The van der Waals surface area contributed by atoms with Crippen LogP contribution in [0.2, 0.25) is 0 Å². The Morgan fingerprint density at radius 2 is 0.776 bits per heavy atom. The Hall–Kier alpha value is -8.50. The number of benzene rings is 10. The minimum atomic E-state index is -1.31. The van der Waals surface area contributed by atoms with E-state index < -0.39 is 373 Å². The Morgan fingerprint density at radius 3 is 1.40 bits per heavy atom. The Morgan fingerprint density at radius 1 is 0.313 bits per heavy atom. The van der Waals surface area contributed by atoms with Crippen molar-refractivity contribution in [2.75, 3.05) is 0 Å². The van der Waals surface area contributed by atoms with Crippen LogP contribution in [-0.2, 0) is 0 Å². The van der Waals surface area contributed by atoms with Crippen molar-refractivity contribution >= 4 is 65.5 Å². The second-order valence-corrected chi connectivity index (χ2v) is 15.2. The second kappa shape index (κ2) is 16.2. The molecular weight excluding hydrogens is 829 g/mol. The van der Waals surface area contributed by atoms with Crippen molar-refractivity contribution in [3.63, 3.8) is 0 Å². The van der Waals surface area contributed by atoms with Crippen molar-refractivity contribution in [3.8, 4) is 76.6 Å². The summed E-state index contributed by atoms with van der Waals surface area (Å²) in [5, 5.41) is -6.53. The van der Waals surface area contributed by atoms with Gasteiger partial charge in [-0.25, -0.2) is 4.98 Å². The number of nitrogens with zero attached hydrogens (tertiary/aromatic N) is 2. The molecule has 0 radical (unpaired) electrons. The maximum Gasteiger partial charge on any atom is 0.0972 e. The van der Waals surface area contributed by atoms with E-state index in [0.717, 1.165) is 0 Å². The van der Waals surface area contributed by atoms with Gasteiger partial charge in [0.05, 0.1) is 71.6 Å². The molecule has 312 valence electrons. The van der Waals surface area contributed by atoms with E-state index in [2.05, 4.69) is 9.97 Å². The standard InChI is InChI=1S/C64H40N2S/c1-4-18-41(19-5-1)57-52-29-12-14-31-54(52)60(55-32-15-13-30-53(55)57)64-59(43-22-8-3-9-23-43)58(42-20-6-2-7-21-42)63(67-64)47-25-16-24-46(40-47)48-36-37-51(50-28-11-10-27-49(48)50)56-38-35-45-34-33-44-26-17-39-65-61(44)62(45)66-56/h1-40H/i1D,2D,3D,4D,5D,6D,7D,8D,9D,10D,11D,12D,13D,14D,15D,16D,17D,18D,19D,20D,21D,22D,23D,24D,25D,26D,27D,28D,29D,30D,31D,32D,33D,34D,35D,36D,37D,38D,39D,40D. The highest BCUT2D eigenvalue weighted by atomic mass is 32.1. The molecular formula is C64H40N2S. The highest BCUT2D eigenvalue weighted by Crippen LogP contribution is 2.56. The molecule has 3 heterocycles. The van der Waals surface area contributed by atoms with Gasteiger partial charge in [-0.15, -0.1) is 11.3 Å². The zero-order valence-electron chi connectivity index (χ0n) is 73.3. The molecule has 0 bridgehead atoms. The van der Waals surface area contributed by atoms with Crippen molar-refractivity contribution < 1.29 is 54.8 Å². The van der Waals surface area contributed by atoms with Crippen LogP contribution in [-0.4, -0.2) is 9.97 Å². The molecule has 3 aromatic heterocycles. The summed E-state index contributed by atoms with van der Waals surface area (Å²) in [4.78, 5) is 6.73. The molecule has 0 saturated carbocycles. The molecule has 13 rings (SSSR count). The van der Waals surface area contributed by atoms with Crippen LogP contribution in [0.15, 0.2) is 242 Å². The van der Waals surface area contributed by atoms with E-state index in [9.17, 15) is 30.2 Å². The summed E-state index contributed by atoms with van der Waals surface area (Å²) in [5.41, 5.74) is -12.9. The van der Waals surface area contributed by atoms with Gasteiger partial charge in [-0.2, -0.15) is 0 Å². The zero-order chi connectivity index (χ0) is 79.1. The van der Waals surface area contributed by atoms with E-state index in [4.69, 9.17) is 24.7 Å². The van der Waals surface area contributed by atoms with E-state index in [0.29, 0.717) is 0 Å². The number of thiophene rings is 1. The lowest BCUT2D eigenvalue weighted by molar-refractivity contribution is 1.37. The van der Waals surface area contributed by atoms with Crippen LogP contribution in [0.25, 0.3) is 131 Å². The zero-order valence-corrected chi connectivity index (χ0v) is 34.1. The van der Waals surface area contributed by atoms with Crippen LogP contribution in [0.4, 0.5) is 0 Å². The van der Waals surface area contributed by atoms with E-state index in [1.165, 1.54) is 0 Å². The normalized spacial score (nSPS) is 19.9. The van der Waals surface area contributed by atoms with Crippen LogP contribution in [0.5, 0.6) is 0 Å². The molecule has 0 fully saturated rings. The van der Waals surface area contributed by atoms with E-state index in [1.54, 1.807) is 0 Å². The van der Waals surface area contributed by atoms with Crippen LogP contribution in [0.1, 0.15) is 54.8 Å². The van der Waals surface area contributed by atoms with Gasteiger partial charge >= 0.3 is 0 Å². The van der Waals surface area contributed by atoms with Crippen LogP contribution in [0.3, 0.4) is 0 Å². The molecule has 0 saturated heterocycles. The summed E-state index contributed by atoms with van der Waals surface area (Å²) in [5.74, 6) is 0. The highest BCUT2D eigenvalue weighted by Gasteiger charge is 2.27. The Bertz CT molecular complexity index is 6280. The van der Waals surface area contributed by atoms with Gasteiger partial charge in [-0.3, -0.25) is 4.98 Å². The summed E-state index contributed by atoms with van der Waals surface area (Å²) in [7, 11) is 0. The topological polar surface area (TPSA) is 25.8 Å². The number of rotatable bonds is 7. The first-order valence-corrected chi connectivity index (χ1v) is 20.4. The average molecular weight is 909 g/mol. The summed E-state index contributed by atoms with van der Waals surface area (Å²) in [6.45, 7) is 0. The maximum absolute atomic E-state index is 10.5. The quantitative estimate of drug-likeness (QED) is 0.118. The molecule has 3 heteroatoms. The smallest absolute Gasteiger partial charge is 0.0972 e. The fraction of sp³-hybridized carbons (Fsp3) is 0. The van der Waals surface area contributed by atoms with Crippen LogP contribution < -0.4 is 0 Å². The Labute approximate surface area is 449 Å². The van der Waals surface area contributed by atoms with Gasteiger partial charge < -0.3 is 0 Å². The average Bonchev–Trinajstić information content (AvgIpc) is 1.68. The van der Waals surface area contributed by atoms with Gasteiger partial charge in [-0.05, 0) is 89.4 Å². The van der Waals surface area contributed by atoms with Crippen LogP contribution >= 0.6 is 11.3 Å². The molecule has 2 nitrogen and oxygen atoms in total. The molecule has 0 aliphatic heterocycles. The molecule has 0 aliphatic carbocycles. The number of hydrogen-bond donors (Lipinski definition) is 0. The molecule has 0 aliphatic rings. The fourth-order valence-corrected chi connectivity index (χ4v) is 9.13. The van der Waals surface area contributed by atoms with Crippen molar-refractivity contribution in [2.45, 2.75) is 0 Å². The summed E-state index contributed by atoms with van der Waals surface area (Å²) in [6, 6.07) is -43.5. The van der Waals surface area contributed by atoms with Gasteiger partial charge in [0, 0.05) is 49.0 Å².